The number of anilines is 1. The zero-order chi connectivity index (χ0) is 18.7. The number of halogens is 2. The fourth-order valence-corrected chi connectivity index (χ4v) is 4.07. The largest absolute Gasteiger partial charge is 0.309 e. The molecule has 0 saturated heterocycles. The summed E-state index contributed by atoms with van der Waals surface area (Å²) in [6.07, 6.45) is 2.15. The van der Waals surface area contributed by atoms with Crippen molar-refractivity contribution in [3.8, 4) is 0 Å². The lowest BCUT2D eigenvalue weighted by atomic mass is 10.3. The lowest BCUT2D eigenvalue weighted by molar-refractivity contribution is -0.115. The Hall–Kier alpha value is -1.61. The highest BCUT2D eigenvalue weighted by molar-refractivity contribution is 8.00. The third kappa shape index (κ3) is 4.56. The molecule has 3 rings (SSSR count). The van der Waals surface area contributed by atoms with Crippen molar-refractivity contribution in [3.63, 3.8) is 0 Å². The van der Waals surface area contributed by atoms with Gasteiger partial charge in [-0.15, -0.1) is 21.5 Å². The number of rotatable bonds is 6. The molecule has 26 heavy (non-hydrogen) atoms. The van der Waals surface area contributed by atoms with E-state index in [-0.39, 0.29) is 11.7 Å². The normalized spacial score (nSPS) is 12.2. The maximum absolute atomic E-state index is 12.4. The van der Waals surface area contributed by atoms with Gasteiger partial charge in [0.1, 0.15) is 5.82 Å². The van der Waals surface area contributed by atoms with E-state index in [0.29, 0.717) is 21.6 Å². The summed E-state index contributed by atoms with van der Waals surface area (Å²) < 4.78 is 1.90. The third-order valence-corrected chi connectivity index (χ3v) is 6.04. The number of carbonyl (C=O) groups is 1. The first-order chi connectivity index (χ1) is 12.4. The second kappa shape index (κ2) is 8.39. The molecule has 0 bridgehead atoms. The minimum Gasteiger partial charge on any atom is -0.309 e. The van der Waals surface area contributed by atoms with E-state index in [1.165, 1.54) is 28.9 Å². The highest BCUT2D eigenvalue weighted by Gasteiger charge is 2.20. The van der Waals surface area contributed by atoms with Gasteiger partial charge in [-0.3, -0.25) is 4.79 Å². The molecule has 0 aliphatic heterocycles. The van der Waals surface area contributed by atoms with E-state index in [0.717, 1.165) is 5.82 Å². The fraction of sp³-hybridized carbons (Fsp3) is 0.250. The van der Waals surface area contributed by atoms with Gasteiger partial charge in [-0.25, -0.2) is 4.98 Å². The molecule has 0 saturated carbocycles. The highest BCUT2D eigenvalue weighted by atomic mass is 35.5. The zero-order valence-corrected chi connectivity index (χ0v) is 17.1. The Bertz CT molecular complexity index is 914. The molecular formula is C16H15Cl2N5OS2. The zero-order valence-electron chi connectivity index (χ0n) is 13.9. The van der Waals surface area contributed by atoms with Gasteiger partial charge < -0.3 is 9.88 Å². The molecule has 136 valence electrons. The first-order valence-electron chi connectivity index (χ1n) is 7.63. The maximum atomic E-state index is 12.4. The van der Waals surface area contributed by atoms with Crippen LogP contribution in [0.5, 0.6) is 0 Å². The van der Waals surface area contributed by atoms with E-state index in [4.69, 9.17) is 23.2 Å². The van der Waals surface area contributed by atoms with E-state index in [9.17, 15) is 4.79 Å². The van der Waals surface area contributed by atoms with Gasteiger partial charge in [0.2, 0.25) is 5.91 Å². The minimum absolute atomic E-state index is 0.227. The molecule has 0 spiro atoms. The van der Waals surface area contributed by atoms with Crippen molar-refractivity contribution in [1.29, 1.82) is 0 Å². The number of amides is 1. The molecule has 6 nitrogen and oxygen atoms in total. The monoisotopic (exact) mass is 427 g/mol. The number of hydrogen-bond acceptors (Lipinski definition) is 6. The average Bonchev–Trinajstić information content (AvgIpc) is 3.22. The van der Waals surface area contributed by atoms with Gasteiger partial charge in [-0.05, 0) is 24.4 Å². The Morgan fingerprint density at radius 2 is 2.23 bits per heavy atom. The number of pyridine rings is 1. The molecule has 1 unspecified atom stereocenters. The third-order valence-electron chi connectivity index (χ3n) is 3.54. The van der Waals surface area contributed by atoms with Crippen LogP contribution in [0.15, 0.2) is 34.9 Å². The number of nitrogens with zero attached hydrogens (tertiary/aromatic N) is 4. The first kappa shape index (κ1) is 19.2. The topological polar surface area (TPSA) is 72.7 Å². The molecule has 3 aromatic rings. The summed E-state index contributed by atoms with van der Waals surface area (Å²) in [6.45, 7) is 1.79. The van der Waals surface area contributed by atoms with E-state index in [1.807, 2.05) is 23.1 Å². The molecule has 0 aromatic carbocycles. The molecule has 0 radical (unpaired) electrons. The van der Waals surface area contributed by atoms with Crippen LogP contribution in [0.1, 0.15) is 17.6 Å². The van der Waals surface area contributed by atoms with Crippen molar-refractivity contribution in [1.82, 2.24) is 19.7 Å². The van der Waals surface area contributed by atoms with E-state index < -0.39 is 5.25 Å². The Morgan fingerprint density at radius 1 is 1.42 bits per heavy atom. The summed E-state index contributed by atoms with van der Waals surface area (Å²) in [5.74, 6) is 0.907. The Balaban J connectivity index is 1.64. The molecule has 3 aromatic heterocycles. The van der Waals surface area contributed by atoms with E-state index in [2.05, 4.69) is 26.6 Å². The van der Waals surface area contributed by atoms with Crippen LogP contribution in [0.3, 0.4) is 0 Å². The van der Waals surface area contributed by atoms with Crippen molar-refractivity contribution in [2.75, 3.05) is 5.32 Å². The summed E-state index contributed by atoms with van der Waals surface area (Å²) in [5, 5.41) is 14.1. The molecule has 1 amide bonds. The molecule has 3 heterocycles. The first-order valence-corrected chi connectivity index (χ1v) is 10.1. The van der Waals surface area contributed by atoms with Crippen LogP contribution in [0, 0.1) is 0 Å². The van der Waals surface area contributed by atoms with Gasteiger partial charge >= 0.3 is 0 Å². The maximum Gasteiger partial charge on any atom is 0.238 e. The van der Waals surface area contributed by atoms with Crippen LogP contribution >= 0.6 is 46.3 Å². The van der Waals surface area contributed by atoms with Gasteiger partial charge in [0.25, 0.3) is 0 Å². The van der Waals surface area contributed by atoms with Crippen molar-refractivity contribution in [2.24, 2.45) is 7.05 Å². The number of hydrogen-bond donors (Lipinski definition) is 1. The second-order valence-corrected chi connectivity index (χ2v) is 8.63. The van der Waals surface area contributed by atoms with E-state index >= 15 is 0 Å². The Labute approximate surface area is 168 Å². The lowest BCUT2D eigenvalue weighted by Gasteiger charge is -2.12. The van der Waals surface area contributed by atoms with E-state index in [1.54, 1.807) is 18.3 Å². The predicted octanol–water partition coefficient (Wildman–Crippen LogP) is 4.29. The Morgan fingerprint density at radius 3 is 2.92 bits per heavy atom. The van der Waals surface area contributed by atoms with Gasteiger partial charge in [-0.1, -0.05) is 41.0 Å². The van der Waals surface area contributed by atoms with Crippen molar-refractivity contribution >= 4 is 58.0 Å². The quantitative estimate of drug-likeness (QED) is 0.593. The van der Waals surface area contributed by atoms with Crippen molar-refractivity contribution in [3.05, 3.63) is 50.5 Å². The minimum atomic E-state index is -0.402. The van der Waals surface area contributed by atoms with Crippen molar-refractivity contribution < 1.29 is 4.79 Å². The van der Waals surface area contributed by atoms with Gasteiger partial charge in [0.15, 0.2) is 11.0 Å². The smallest absolute Gasteiger partial charge is 0.238 e. The van der Waals surface area contributed by atoms with Crippen LogP contribution in [0.2, 0.25) is 10.0 Å². The van der Waals surface area contributed by atoms with Crippen LogP contribution in [0.4, 0.5) is 5.82 Å². The summed E-state index contributed by atoms with van der Waals surface area (Å²) in [6, 6.07) is 5.60. The molecular weight excluding hydrogens is 413 g/mol. The summed E-state index contributed by atoms with van der Waals surface area (Å²) in [7, 11) is 1.90. The fourth-order valence-electron chi connectivity index (χ4n) is 2.11. The second-order valence-electron chi connectivity index (χ2n) is 5.45. The molecule has 1 N–H and O–H groups in total. The molecule has 0 aliphatic rings. The summed E-state index contributed by atoms with van der Waals surface area (Å²) >= 11 is 14.9. The van der Waals surface area contributed by atoms with Gasteiger partial charge in [0.05, 0.1) is 15.3 Å². The number of thioether (sulfide) groups is 1. The van der Waals surface area contributed by atoms with Crippen molar-refractivity contribution in [2.45, 2.75) is 23.8 Å². The Kier molecular flexibility index (Phi) is 6.18. The van der Waals surface area contributed by atoms with Crippen LogP contribution in [-0.2, 0) is 18.3 Å². The predicted molar refractivity (Wildman–Crippen MR) is 106 cm³/mol. The standard InChI is InChI=1S/C16H15Cl2N5OS2/c1-9(15(24)20-14-12(18)6-10(17)8-19-14)26-16-22-21-13(23(16)2)7-11-4-3-5-25-11/h3-6,8-9H,7H2,1-2H3,(H,19,20,24). The number of carbonyl (C=O) groups excluding carboxylic acids is 1. The van der Waals surface area contributed by atoms with Crippen LogP contribution < -0.4 is 5.32 Å². The molecule has 10 heteroatoms. The summed E-state index contributed by atoms with van der Waals surface area (Å²) in [4.78, 5) is 17.7. The number of aromatic nitrogens is 4. The number of nitrogens with one attached hydrogen (secondary N) is 1. The van der Waals surface area contributed by atoms with Gasteiger partial charge in [-0.2, -0.15) is 0 Å². The van der Waals surface area contributed by atoms with Crippen LogP contribution in [0.25, 0.3) is 0 Å². The lowest BCUT2D eigenvalue weighted by Crippen LogP contribution is -2.23. The average molecular weight is 428 g/mol. The molecule has 0 fully saturated rings. The molecule has 1 atom stereocenters. The number of thiophene rings is 1. The highest BCUT2D eigenvalue weighted by Crippen LogP contribution is 2.26. The summed E-state index contributed by atoms with van der Waals surface area (Å²) in [5.41, 5.74) is 0. The van der Waals surface area contributed by atoms with Crippen LogP contribution in [-0.4, -0.2) is 30.9 Å². The SMILES string of the molecule is CC(Sc1nnc(Cc2cccs2)n1C)C(=O)Nc1ncc(Cl)cc1Cl. The van der Waals surface area contributed by atoms with Gasteiger partial charge in [0, 0.05) is 24.5 Å². The molecule has 0 aliphatic carbocycles.